The van der Waals surface area contributed by atoms with Crippen molar-refractivity contribution in [1.29, 1.82) is 0 Å². The van der Waals surface area contributed by atoms with E-state index in [1.807, 2.05) is 24.4 Å². The second-order valence-corrected chi connectivity index (χ2v) is 7.78. The fourth-order valence-electron chi connectivity index (χ4n) is 3.27. The van der Waals surface area contributed by atoms with Crippen LogP contribution in [0.5, 0.6) is 0 Å². The molecule has 0 spiro atoms. The zero-order valence-corrected chi connectivity index (χ0v) is 15.8. The van der Waals surface area contributed by atoms with Gasteiger partial charge in [0, 0.05) is 40.0 Å². The third kappa shape index (κ3) is 3.80. The van der Waals surface area contributed by atoms with Gasteiger partial charge in [-0.05, 0) is 50.5 Å². The van der Waals surface area contributed by atoms with E-state index in [2.05, 4.69) is 10.3 Å². The first-order chi connectivity index (χ1) is 13.1. The van der Waals surface area contributed by atoms with Crippen molar-refractivity contribution in [3.05, 3.63) is 64.9 Å². The number of carbonyl (C=O) groups excluding carboxylic acids is 2. The molecular formula is C21H19N3O2S. The first-order valence-corrected chi connectivity index (χ1v) is 9.72. The Morgan fingerprint density at radius 3 is 2.89 bits per heavy atom. The lowest BCUT2D eigenvalue weighted by Crippen LogP contribution is -2.27. The Kier molecular flexibility index (Phi) is 4.81. The number of Topliss-reactive ketones (excluding diaryl/α,β-unsaturated/α-hetero) is 1. The molecule has 3 aromatic rings. The van der Waals surface area contributed by atoms with Crippen LogP contribution < -0.4 is 5.32 Å². The molecule has 2 heterocycles. The summed E-state index contributed by atoms with van der Waals surface area (Å²) in [6, 6.07) is 11.0. The third-order valence-electron chi connectivity index (χ3n) is 4.76. The number of nitrogens with zero attached hydrogens (tertiary/aromatic N) is 2. The Bertz CT molecular complexity index is 998. The highest BCUT2D eigenvalue weighted by Gasteiger charge is 2.28. The van der Waals surface area contributed by atoms with Crippen LogP contribution in [0, 0.1) is 5.92 Å². The van der Waals surface area contributed by atoms with Gasteiger partial charge in [0.05, 0.1) is 5.69 Å². The van der Waals surface area contributed by atoms with E-state index in [-0.39, 0.29) is 17.6 Å². The van der Waals surface area contributed by atoms with Gasteiger partial charge in [0.1, 0.15) is 5.01 Å². The average Bonchev–Trinajstić information content (AvgIpc) is 3.12. The summed E-state index contributed by atoms with van der Waals surface area (Å²) in [7, 11) is 0. The molecule has 1 N–H and O–H groups in total. The molecule has 1 unspecified atom stereocenters. The average molecular weight is 377 g/mol. The fraction of sp³-hybridized carbons (Fsp3) is 0.238. The summed E-state index contributed by atoms with van der Waals surface area (Å²) >= 11 is 1.65. The number of hydrogen-bond donors (Lipinski definition) is 1. The predicted molar refractivity (Wildman–Crippen MR) is 106 cm³/mol. The van der Waals surface area contributed by atoms with Crippen LogP contribution in [0.1, 0.15) is 34.3 Å². The summed E-state index contributed by atoms with van der Waals surface area (Å²) in [5, 5.41) is 3.92. The van der Waals surface area contributed by atoms with Crippen molar-refractivity contribution in [2.75, 3.05) is 5.32 Å². The number of thiazole rings is 1. The highest BCUT2D eigenvalue weighted by atomic mass is 32.1. The minimum Gasteiger partial charge on any atom is -0.326 e. The molecule has 1 aliphatic rings. The van der Waals surface area contributed by atoms with E-state index < -0.39 is 0 Å². The van der Waals surface area contributed by atoms with Crippen LogP contribution in [0.3, 0.4) is 0 Å². The predicted octanol–water partition coefficient (Wildman–Crippen LogP) is 4.15. The van der Waals surface area contributed by atoms with Crippen LogP contribution in [-0.2, 0) is 17.6 Å². The Labute approximate surface area is 161 Å². The number of ketones is 1. The van der Waals surface area contributed by atoms with E-state index in [0.29, 0.717) is 17.7 Å². The maximum atomic E-state index is 12.7. The number of rotatable bonds is 4. The zero-order chi connectivity index (χ0) is 18.8. The van der Waals surface area contributed by atoms with Crippen molar-refractivity contribution in [2.24, 2.45) is 5.92 Å². The molecule has 0 saturated carbocycles. The number of benzene rings is 1. The van der Waals surface area contributed by atoms with E-state index in [4.69, 9.17) is 4.98 Å². The number of amides is 1. The second kappa shape index (κ2) is 7.40. The van der Waals surface area contributed by atoms with E-state index in [1.165, 1.54) is 11.8 Å². The van der Waals surface area contributed by atoms with Gasteiger partial charge in [0.25, 0.3) is 0 Å². The zero-order valence-electron chi connectivity index (χ0n) is 14.9. The highest BCUT2D eigenvalue weighted by Crippen LogP contribution is 2.34. The van der Waals surface area contributed by atoms with Gasteiger partial charge in [-0.15, -0.1) is 11.3 Å². The first-order valence-electron chi connectivity index (χ1n) is 8.91. The van der Waals surface area contributed by atoms with E-state index in [9.17, 15) is 9.59 Å². The number of pyridine rings is 1. The molecule has 0 saturated heterocycles. The van der Waals surface area contributed by atoms with Gasteiger partial charge in [0.15, 0.2) is 5.78 Å². The van der Waals surface area contributed by atoms with Crippen molar-refractivity contribution >= 4 is 28.7 Å². The van der Waals surface area contributed by atoms with Gasteiger partial charge in [-0.3, -0.25) is 14.6 Å². The lowest BCUT2D eigenvalue weighted by atomic mass is 9.90. The van der Waals surface area contributed by atoms with E-state index in [0.717, 1.165) is 29.1 Å². The molecule has 1 aliphatic carbocycles. The van der Waals surface area contributed by atoms with Crippen molar-refractivity contribution in [3.8, 4) is 10.6 Å². The maximum absolute atomic E-state index is 12.7. The standard InChI is InChI=1S/C21H19N3O2S/c1-13(25)14-4-2-6-17(10-14)23-20(26)15-7-8-18-19(11-15)27-21(24-18)16-5-3-9-22-12-16/h2-6,9-10,12,15H,7-8,11H2,1H3,(H,23,26). The third-order valence-corrected chi connectivity index (χ3v) is 5.92. The quantitative estimate of drug-likeness (QED) is 0.693. The summed E-state index contributed by atoms with van der Waals surface area (Å²) in [5.41, 5.74) is 3.38. The van der Waals surface area contributed by atoms with Gasteiger partial charge in [-0.2, -0.15) is 0 Å². The molecule has 0 fully saturated rings. The van der Waals surface area contributed by atoms with E-state index in [1.54, 1.807) is 35.7 Å². The van der Waals surface area contributed by atoms with Gasteiger partial charge in [0.2, 0.25) is 5.91 Å². The van der Waals surface area contributed by atoms with Crippen LogP contribution in [0.4, 0.5) is 5.69 Å². The smallest absolute Gasteiger partial charge is 0.227 e. The van der Waals surface area contributed by atoms with Crippen LogP contribution in [0.25, 0.3) is 10.6 Å². The Morgan fingerprint density at radius 2 is 2.11 bits per heavy atom. The summed E-state index contributed by atoms with van der Waals surface area (Å²) < 4.78 is 0. The molecule has 0 radical (unpaired) electrons. The number of nitrogens with one attached hydrogen (secondary N) is 1. The Hall–Kier alpha value is -2.86. The second-order valence-electron chi connectivity index (χ2n) is 6.70. The molecule has 27 heavy (non-hydrogen) atoms. The van der Waals surface area contributed by atoms with E-state index >= 15 is 0 Å². The van der Waals surface area contributed by atoms with Gasteiger partial charge >= 0.3 is 0 Å². The van der Waals surface area contributed by atoms with Crippen molar-refractivity contribution < 1.29 is 9.59 Å². The summed E-state index contributed by atoms with van der Waals surface area (Å²) in [5.74, 6) is -0.0978. The molecule has 0 bridgehead atoms. The number of aryl methyl sites for hydroxylation is 1. The van der Waals surface area contributed by atoms with Gasteiger partial charge < -0.3 is 5.32 Å². The molecule has 6 heteroatoms. The monoisotopic (exact) mass is 377 g/mol. The van der Waals surface area contributed by atoms with Crippen LogP contribution in [0.2, 0.25) is 0 Å². The number of hydrogen-bond acceptors (Lipinski definition) is 5. The summed E-state index contributed by atoms with van der Waals surface area (Å²) in [4.78, 5) is 34.3. The first kappa shape index (κ1) is 17.5. The molecule has 2 aromatic heterocycles. The molecule has 5 nitrogen and oxygen atoms in total. The van der Waals surface area contributed by atoms with Crippen LogP contribution >= 0.6 is 11.3 Å². The molecule has 0 aliphatic heterocycles. The summed E-state index contributed by atoms with van der Waals surface area (Å²) in [6.45, 7) is 1.52. The molecule has 4 rings (SSSR count). The Morgan fingerprint density at radius 1 is 1.22 bits per heavy atom. The largest absolute Gasteiger partial charge is 0.326 e. The molecule has 1 amide bonds. The summed E-state index contributed by atoms with van der Waals surface area (Å²) in [6.07, 6.45) is 5.85. The highest BCUT2D eigenvalue weighted by molar-refractivity contribution is 7.15. The topological polar surface area (TPSA) is 72.0 Å². The molecule has 136 valence electrons. The fourth-order valence-corrected chi connectivity index (χ4v) is 4.45. The SMILES string of the molecule is CC(=O)c1cccc(NC(=O)C2CCc3nc(-c4cccnc4)sc3C2)c1. The van der Waals surface area contributed by atoms with Gasteiger partial charge in [-0.25, -0.2) is 4.98 Å². The normalized spacial score (nSPS) is 15.8. The van der Waals surface area contributed by atoms with Crippen molar-refractivity contribution in [2.45, 2.75) is 26.2 Å². The molecular weight excluding hydrogens is 358 g/mol. The van der Waals surface area contributed by atoms with Gasteiger partial charge in [-0.1, -0.05) is 12.1 Å². The minimum absolute atomic E-state index is 0.00215. The number of aromatic nitrogens is 2. The lowest BCUT2D eigenvalue weighted by molar-refractivity contribution is -0.120. The molecule has 1 atom stereocenters. The van der Waals surface area contributed by atoms with Crippen molar-refractivity contribution in [3.63, 3.8) is 0 Å². The number of anilines is 1. The molecule has 1 aromatic carbocycles. The van der Waals surface area contributed by atoms with Crippen molar-refractivity contribution in [1.82, 2.24) is 9.97 Å². The Balaban J connectivity index is 1.48. The minimum atomic E-state index is -0.0827. The maximum Gasteiger partial charge on any atom is 0.227 e. The van der Waals surface area contributed by atoms with Crippen LogP contribution in [0.15, 0.2) is 48.8 Å². The lowest BCUT2D eigenvalue weighted by Gasteiger charge is -2.20. The number of carbonyl (C=O) groups is 2. The van der Waals surface area contributed by atoms with Crippen LogP contribution in [-0.4, -0.2) is 21.7 Å². The number of fused-ring (bicyclic) bond motifs is 1.